The number of benzene rings is 1. The van der Waals surface area contributed by atoms with Gasteiger partial charge in [0, 0.05) is 19.6 Å². The molecule has 0 aromatic heterocycles. The van der Waals surface area contributed by atoms with Crippen molar-refractivity contribution in [3.63, 3.8) is 0 Å². The highest BCUT2D eigenvalue weighted by molar-refractivity contribution is 5.16. The van der Waals surface area contributed by atoms with E-state index < -0.39 is 0 Å². The van der Waals surface area contributed by atoms with E-state index in [0.717, 1.165) is 18.7 Å². The van der Waals surface area contributed by atoms with Crippen LogP contribution in [0.5, 0.6) is 0 Å². The van der Waals surface area contributed by atoms with E-state index in [-0.39, 0.29) is 24.1 Å². The Balaban J connectivity index is 2.02. The maximum atomic E-state index is 12.8. The lowest BCUT2D eigenvalue weighted by Gasteiger charge is -2.42. The minimum Gasteiger partial charge on any atom is -0.394 e. The van der Waals surface area contributed by atoms with Crippen LogP contribution in [-0.4, -0.2) is 41.4 Å². The predicted octanol–water partition coefficient (Wildman–Crippen LogP) is 1.80. The molecule has 1 unspecified atom stereocenters. The minimum atomic E-state index is -0.258. The van der Waals surface area contributed by atoms with Crippen molar-refractivity contribution in [3.05, 3.63) is 35.6 Å². The molecule has 1 heterocycles. The fourth-order valence-electron chi connectivity index (χ4n) is 2.48. The summed E-state index contributed by atoms with van der Waals surface area (Å²) in [6, 6.07) is 6.55. The van der Waals surface area contributed by atoms with Crippen LogP contribution in [0.15, 0.2) is 24.3 Å². The molecule has 1 aromatic rings. The third kappa shape index (κ3) is 3.51. The number of morpholine rings is 1. The van der Waals surface area contributed by atoms with Crippen molar-refractivity contribution in [2.75, 3.05) is 19.7 Å². The molecule has 100 valence electrons. The van der Waals surface area contributed by atoms with Crippen LogP contribution in [0.3, 0.4) is 0 Å². The largest absolute Gasteiger partial charge is 0.394 e. The SMILES string of the molecule is CC1(C)CN(Cc2ccc(F)cc2)CC(CO)O1. The fourth-order valence-corrected chi connectivity index (χ4v) is 2.48. The summed E-state index contributed by atoms with van der Waals surface area (Å²) in [6.07, 6.45) is -0.144. The van der Waals surface area contributed by atoms with Crippen LogP contribution in [0, 0.1) is 5.82 Å². The minimum absolute atomic E-state index is 0.0311. The number of rotatable bonds is 3. The lowest BCUT2D eigenvalue weighted by Crippen LogP contribution is -2.53. The van der Waals surface area contributed by atoms with Crippen molar-refractivity contribution in [1.29, 1.82) is 0 Å². The Morgan fingerprint density at radius 1 is 1.39 bits per heavy atom. The van der Waals surface area contributed by atoms with Crippen LogP contribution < -0.4 is 0 Å². The molecule has 1 saturated heterocycles. The second-order valence-corrected chi connectivity index (χ2v) is 5.48. The van der Waals surface area contributed by atoms with Gasteiger partial charge in [-0.2, -0.15) is 0 Å². The molecule has 1 N–H and O–H groups in total. The van der Waals surface area contributed by atoms with Crippen LogP contribution >= 0.6 is 0 Å². The Bertz CT molecular complexity index is 391. The summed E-state index contributed by atoms with van der Waals surface area (Å²) in [5, 5.41) is 9.24. The van der Waals surface area contributed by atoms with Crippen molar-refractivity contribution in [1.82, 2.24) is 4.90 Å². The Hall–Kier alpha value is -0.970. The van der Waals surface area contributed by atoms with Gasteiger partial charge < -0.3 is 9.84 Å². The van der Waals surface area contributed by atoms with Crippen LogP contribution in [0.25, 0.3) is 0 Å². The number of ether oxygens (including phenoxy) is 1. The molecule has 3 nitrogen and oxygen atoms in total. The number of halogens is 1. The van der Waals surface area contributed by atoms with Gasteiger partial charge in [0.05, 0.1) is 18.3 Å². The van der Waals surface area contributed by atoms with E-state index in [1.807, 2.05) is 13.8 Å². The molecule has 2 rings (SSSR count). The molecule has 1 aliphatic heterocycles. The topological polar surface area (TPSA) is 32.7 Å². The molecule has 1 aromatic carbocycles. The highest BCUT2D eigenvalue weighted by Gasteiger charge is 2.32. The quantitative estimate of drug-likeness (QED) is 0.891. The van der Waals surface area contributed by atoms with E-state index in [4.69, 9.17) is 4.74 Å². The summed E-state index contributed by atoms with van der Waals surface area (Å²) in [5.74, 6) is -0.214. The Morgan fingerprint density at radius 2 is 2.06 bits per heavy atom. The van der Waals surface area contributed by atoms with Crippen LogP contribution in [0.4, 0.5) is 4.39 Å². The summed E-state index contributed by atoms with van der Waals surface area (Å²) in [4.78, 5) is 2.23. The maximum absolute atomic E-state index is 12.8. The first kappa shape index (κ1) is 13.5. The molecule has 0 spiro atoms. The van der Waals surface area contributed by atoms with E-state index in [9.17, 15) is 9.50 Å². The van der Waals surface area contributed by atoms with E-state index in [2.05, 4.69) is 4.90 Å². The predicted molar refractivity (Wildman–Crippen MR) is 67.7 cm³/mol. The normalized spacial score (nSPS) is 24.1. The molecule has 0 bridgehead atoms. The van der Waals surface area contributed by atoms with Gasteiger partial charge in [-0.1, -0.05) is 12.1 Å². The summed E-state index contributed by atoms with van der Waals surface area (Å²) >= 11 is 0. The lowest BCUT2D eigenvalue weighted by molar-refractivity contribution is -0.150. The summed E-state index contributed by atoms with van der Waals surface area (Å²) in [6.45, 7) is 6.34. The van der Waals surface area contributed by atoms with Gasteiger partial charge in [-0.15, -0.1) is 0 Å². The second-order valence-electron chi connectivity index (χ2n) is 5.48. The molecule has 18 heavy (non-hydrogen) atoms. The van der Waals surface area contributed by atoms with E-state index in [1.54, 1.807) is 12.1 Å². The van der Waals surface area contributed by atoms with Gasteiger partial charge in [0.25, 0.3) is 0 Å². The molecule has 0 saturated carbocycles. The second kappa shape index (κ2) is 5.34. The zero-order valence-electron chi connectivity index (χ0n) is 10.9. The standard InChI is InChI=1S/C14H20FNO2/c1-14(2)10-16(8-13(9-17)18-14)7-11-3-5-12(15)6-4-11/h3-6,13,17H,7-10H2,1-2H3. The first-order valence-corrected chi connectivity index (χ1v) is 6.24. The highest BCUT2D eigenvalue weighted by Crippen LogP contribution is 2.22. The zero-order chi connectivity index (χ0) is 13.2. The van der Waals surface area contributed by atoms with Crippen molar-refractivity contribution in [3.8, 4) is 0 Å². The summed E-state index contributed by atoms with van der Waals surface area (Å²) in [7, 11) is 0. The Morgan fingerprint density at radius 3 is 2.67 bits per heavy atom. The number of nitrogens with zero attached hydrogens (tertiary/aromatic N) is 1. The van der Waals surface area contributed by atoms with Gasteiger partial charge in [-0.05, 0) is 31.5 Å². The first-order chi connectivity index (χ1) is 8.48. The molecule has 1 fully saturated rings. The number of hydrogen-bond acceptors (Lipinski definition) is 3. The smallest absolute Gasteiger partial charge is 0.123 e. The molecule has 0 aliphatic carbocycles. The fraction of sp³-hybridized carbons (Fsp3) is 0.571. The number of hydrogen-bond donors (Lipinski definition) is 1. The van der Waals surface area contributed by atoms with E-state index >= 15 is 0 Å². The van der Waals surface area contributed by atoms with E-state index in [1.165, 1.54) is 12.1 Å². The average Bonchev–Trinajstić information content (AvgIpc) is 2.30. The summed E-state index contributed by atoms with van der Waals surface area (Å²) in [5.41, 5.74) is 0.817. The van der Waals surface area contributed by atoms with Crippen molar-refractivity contribution >= 4 is 0 Å². The lowest BCUT2D eigenvalue weighted by atomic mass is 10.0. The highest BCUT2D eigenvalue weighted by atomic mass is 19.1. The van der Waals surface area contributed by atoms with Gasteiger partial charge in [-0.25, -0.2) is 4.39 Å². The summed E-state index contributed by atoms with van der Waals surface area (Å²) < 4.78 is 18.6. The van der Waals surface area contributed by atoms with Gasteiger partial charge in [0.2, 0.25) is 0 Å². The number of aliphatic hydroxyl groups excluding tert-OH is 1. The molecule has 0 amide bonds. The Labute approximate surface area is 107 Å². The first-order valence-electron chi connectivity index (χ1n) is 6.24. The molecule has 4 heteroatoms. The zero-order valence-corrected chi connectivity index (χ0v) is 10.9. The molecular formula is C14H20FNO2. The monoisotopic (exact) mass is 253 g/mol. The van der Waals surface area contributed by atoms with Gasteiger partial charge in [0.1, 0.15) is 5.82 Å². The van der Waals surface area contributed by atoms with Crippen LogP contribution in [0.1, 0.15) is 19.4 Å². The van der Waals surface area contributed by atoms with Gasteiger partial charge in [0.15, 0.2) is 0 Å². The van der Waals surface area contributed by atoms with Crippen molar-refractivity contribution in [2.24, 2.45) is 0 Å². The third-order valence-corrected chi connectivity index (χ3v) is 3.07. The third-order valence-electron chi connectivity index (χ3n) is 3.07. The molecule has 1 atom stereocenters. The Kier molecular flexibility index (Phi) is 4.00. The molecule has 1 aliphatic rings. The molecule has 0 radical (unpaired) electrons. The van der Waals surface area contributed by atoms with Gasteiger partial charge in [-0.3, -0.25) is 4.90 Å². The van der Waals surface area contributed by atoms with Crippen LogP contribution in [0.2, 0.25) is 0 Å². The van der Waals surface area contributed by atoms with Gasteiger partial charge >= 0.3 is 0 Å². The van der Waals surface area contributed by atoms with E-state index in [0.29, 0.717) is 6.54 Å². The average molecular weight is 253 g/mol. The van der Waals surface area contributed by atoms with Crippen LogP contribution in [-0.2, 0) is 11.3 Å². The number of aliphatic hydroxyl groups is 1. The molecular weight excluding hydrogens is 233 g/mol. The van der Waals surface area contributed by atoms with Crippen molar-refractivity contribution in [2.45, 2.75) is 32.1 Å². The van der Waals surface area contributed by atoms with Crippen molar-refractivity contribution < 1.29 is 14.2 Å². The maximum Gasteiger partial charge on any atom is 0.123 e.